The summed E-state index contributed by atoms with van der Waals surface area (Å²) in [5.74, 6) is 1.71. The Morgan fingerprint density at radius 2 is 2.38 bits per heavy atom. The molecule has 2 aliphatic heterocycles. The molecule has 0 spiro atoms. The molecule has 13 heavy (non-hydrogen) atoms. The van der Waals surface area contributed by atoms with Gasteiger partial charge in [-0.15, -0.1) is 0 Å². The van der Waals surface area contributed by atoms with E-state index in [1.807, 2.05) is 13.3 Å². The molecule has 0 radical (unpaired) electrons. The Kier molecular flexibility index (Phi) is 1.47. The summed E-state index contributed by atoms with van der Waals surface area (Å²) in [4.78, 5) is 6.70. The van der Waals surface area contributed by atoms with E-state index in [0.717, 1.165) is 11.7 Å². The van der Waals surface area contributed by atoms with Crippen LogP contribution in [0.4, 0.5) is 0 Å². The molecule has 3 atom stereocenters. The fourth-order valence-electron chi connectivity index (χ4n) is 2.58. The maximum atomic E-state index is 4.39. The van der Waals surface area contributed by atoms with Crippen molar-refractivity contribution >= 4 is 0 Å². The molecule has 2 bridgehead atoms. The van der Waals surface area contributed by atoms with Gasteiger partial charge in [0.25, 0.3) is 0 Å². The maximum absolute atomic E-state index is 4.39. The summed E-state index contributed by atoms with van der Waals surface area (Å²) in [7, 11) is 0. The van der Waals surface area contributed by atoms with Crippen molar-refractivity contribution in [2.45, 2.75) is 19.4 Å². The number of hydrogen-bond acceptors (Lipinski definition) is 3. The van der Waals surface area contributed by atoms with Gasteiger partial charge in [0.05, 0.1) is 6.04 Å². The van der Waals surface area contributed by atoms with E-state index in [1.54, 1.807) is 0 Å². The topological polar surface area (TPSA) is 34.0 Å². The molecular formula is C9H14N4. The molecular weight excluding hydrogens is 164 g/mol. The van der Waals surface area contributed by atoms with Crippen LogP contribution in [-0.4, -0.2) is 39.3 Å². The predicted molar refractivity (Wildman–Crippen MR) is 48.3 cm³/mol. The highest BCUT2D eigenvalue weighted by Crippen LogP contribution is 2.35. The Morgan fingerprint density at radius 3 is 2.92 bits per heavy atom. The van der Waals surface area contributed by atoms with Crippen LogP contribution in [0.3, 0.4) is 0 Å². The first-order valence-corrected chi connectivity index (χ1v) is 4.93. The lowest BCUT2D eigenvalue weighted by molar-refractivity contribution is 0.284. The van der Waals surface area contributed by atoms with E-state index in [0.29, 0.717) is 6.04 Å². The first kappa shape index (κ1) is 7.50. The molecule has 70 valence electrons. The van der Waals surface area contributed by atoms with Crippen LogP contribution in [0.2, 0.25) is 0 Å². The third kappa shape index (κ3) is 1.09. The van der Waals surface area contributed by atoms with Gasteiger partial charge in [-0.2, -0.15) is 5.10 Å². The van der Waals surface area contributed by atoms with Crippen molar-refractivity contribution in [1.29, 1.82) is 0 Å². The van der Waals surface area contributed by atoms with Gasteiger partial charge in [-0.05, 0) is 25.8 Å². The highest BCUT2D eigenvalue weighted by atomic mass is 15.4. The van der Waals surface area contributed by atoms with E-state index in [4.69, 9.17) is 0 Å². The second-order valence-corrected chi connectivity index (χ2v) is 4.15. The van der Waals surface area contributed by atoms with Crippen LogP contribution < -0.4 is 0 Å². The van der Waals surface area contributed by atoms with Crippen molar-refractivity contribution in [3.63, 3.8) is 0 Å². The van der Waals surface area contributed by atoms with Gasteiger partial charge in [-0.3, -0.25) is 0 Å². The quantitative estimate of drug-likeness (QED) is 0.626. The largest absolute Gasteiger partial charge is 0.301 e. The number of hydrogen-bond donors (Lipinski definition) is 0. The molecule has 0 aliphatic carbocycles. The Balaban J connectivity index is 1.87. The van der Waals surface area contributed by atoms with Crippen LogP contribution >= 0.6 is 0 Å². The van der Waals surface area contributed by atoms with Crippen LogP contribution in [0.25, 0.3) is 0 Å². The second kappa shape index (κ2) is 2.54. The summed E-state index contributed by atoms with van der Waals surface area (Å²) < 4.78 is 2.05. The van der Waals surface area contributed by atoms with E-state index in [2.05, 4.69) is 19.7 Å². The van der Waals surface area contributed by atoms with Crippen molar-refractivity contribution in [2.24, 2.45) is 5.92 Å². The summed E-state index contributed by atoms with van der Waals surface area (Å²) in [6, 6.07) is 0.593. The van der Waals surface area contributed by atoms with Crippen molar-refractivity contribution in [2.75, 3.05) is 19.6 Å². The molecule has 3 heterocycles. The van der Waals surface area contributed by atoms with Gasteiger partial charge in [0, 0.05) is 13.1 Å². The summed E-state index contributed by atoms with van der Waals surface area (Å²) in [6.07, 6.45) is 3.21. The van der Waals surface area contributed by atoms with Gasteiger partial charge in [0.2, 0.25) is 0 Å². The normalized spacial score (nSPS) is 37.2. The van der Waals surface area contributed by atoms with Crippen molar-refractivity contribution in [3.05, 3.63) is 12.2 Å². The molecule has 4 nitrogen and oxygen atoms in total. The molecule has 2 aliphatic rings. The second-order valence-electron chi connectivity index (χ2n) is 4.15. The van der Waals surface area contributed by atoms with Crippen molar-refractivity contribution in [3.8, 4) is 0 Å². The van der Waals surface area contributed by atoms with E-state index >= 15 is 0 Å². The van der Waals surface area contributed by atoms with E-state index in [9.17, 15) is 0 Å². The maximum Gasteiger partial charge on any atom is 0.147 e. The first-order chi connectivity index (χ1) is 6.33. The molecule has 1 unspecified atom stereocenters. The molecule has 1 aromatic rings. The fourth-order valence-corrected chi connectivity index (χ4v) is 2.58. The third-order valence-electron chi connectivity index (χ3n) is 3.26. The molecule has 0 N–H and O–H groups in total. The third-order valence-corrected chi connectivity index (χ3v) is 3.26. The van der Waals surface area contributed by atoms with Gasteiger partial charge < -0.3 is 4.90 Å². The summed E-state index contributed by atoms with van der Waals surface area (Å²) in [5, 5.41) is 4.39. The van der Waals surface area contributed by atoms with Crippen LogP contribution in [-0.2, 0) is 0 Å². The Morgan fingerprint density at radius 1 is 1.46 bits per heavy atom. The van der Waals surface area contributed by atoms with Gasteiger partial charge in [0.15, 0.2) is 0 Å². The lowest BCUT2D eigenvalue weighted by atomic mass is 10.0. The van der Waals surface area contributed by atoms with E-state index in [-0.39, 0.29) is 0 Å². The molecule has 2 fully saturated rings. The Bertz CT molecular complexity index is 319. The van der Waals surface area contributed by atoms with Crippen molar-refractivity contribution < 1.29 is 0 Å². The van der Waals surface area contributed by atoms with Gasteiger partial charge in [-0.1, -0.05) is 0 Å². The predicted octanol–water partition coefficient (Wildman–Crippen LogP) is 0.463. The highest BCUT2D eigenvalue weighted by Gasteiger charge is 2.39. The monoisotopic (exact) mass is 178 g/mol. The van der Waals surface area contributed by atoms with Gasteiger partial charge >= 0.3 is 0 Å². The fraction of sp³-hybridized carbons (Fsp3) is 0.778. The average Bonchev–Trinajstić information content (AvgIpc) is 2.77. The SMILES string of the molecule is Cc1ncn([C@@H]2CN3CC[C@H]2C3)n1. The zero-order valence-corrected chi connectivity index (χ0v) is 7.85. The molecule has 0 aromatic carbocycles. The first-order valence-electron chi connectivity index (χ1n) is 4.93. The van der Waals surface area contributed by atoms with Gasteiger partial charge in [0.1, 0.15) is 12.2 Å². The molecule has 0 saturated carbocycles. The lowest BCUT2D eigenvalue weighted by Crippen LogP contribution is -2.26. The van der Waals surface area contributed by atoms with Crippen molar-refractivity contribution in [1.82, 2.24) is 19.7 Å². The summed E-state index contributed by atoms with van der Waals surface area (Å²) >= 11 is 0. The van der Waals surface area contributed by atoms with Gasteiger partial charge in [-0.25, -0.2) is 9.67 Å². The zero-order valence-electron chi connectivity index (χ0n) is 7.85. The highest BCUT2D eigenvalue weighted by molar-refractivity contribution is 4.94. The molecule has 2 saturated heterocycles. The molecule has 3 rings (SSSR count). The van der Waals surface area contributed by atoms with E-state index < -0.39 is 0 Å². The number of fused-ring (bicyclic) bond motifs is 2. The minimum absolute atomic E-state index is 0.593. The number of nitrogens with zero attached hydrogens (tertiary/aromatic N) is 4. The van der Waals surface area contributed by atoms with Crippen LogP contribution in [0, 0.1) is 12.8 Å². The zero-order chi connectivity index (χ0) is 8.84. The summed E-state index contributed by atoms with van der Waals surface area (Å²) in [6.45, 7) is 5.68. The van der Waals surface area contributed by atoms with Crippen LogP contribution in [0.1, 0.15) is 18.3 Å². The summed E-state index contributed by atoms with van der Waals surface area (Å²) in [5.41, 5.74) is 0. The standard InChI is InChI=1S/C9H14N4/c1-7-10-6-13(11-7)9-5-12-3-2-8(9)4-12/h6,8-9H,2-5H2,1H3/t8-,9+/m0/s1. The number of rotatable bonds is 1. The van der Waals surface area contributed by atoms with E-state index in [1.165, 1.54) is 26.1 Å². The minimum Gasteiger partial charge on any atom is -0.301 e. The lowest BCUT2D eigenvalue weighted by Gasteiger charge is -2.21. The number of aromatic nitrogens is 3. The number of aryl methyl sites for hydroxylation is 1. The Labute approximate surface area is 77.6 Å². The minimum atomic E-state index is 0.593. The van der Waals surface area contributed by atoms with Crippen LogP contribution in [0.15, 0.2) is 6.33 Å². The molecule has 4 heteroatoms. The smallest absolute Gasteiger partial charge is 0.147 e. The van der Waals surface area contributed by atoms with Crippen LogP contribution in [0.5, 0.6) is 0 Å². The molecule has 0 amide bonds. The number of piperidine rings is 1. The molecule has 1 aromatic heterocycles. The Hall–Kier alpha value is -0.900. The average molecular weight is 178 g/mol.